The second-order valence-corrected chi connectivity index (χ2v) is 35.2. The largest absolute Gasteiger partial charge is 0.394 e. The summed E-state index contributed by atoms with van der Waals surface area (Å²) >= 11 is 0. The van der Waals surface area contributed by atoms with Crippen LogP contribution in [0.25, 0.3) is 0 Å². The van der Waals surface area contributed by atoms with E-state index < -0.39 is 459 Å². The molecule has 0 aliphatic carbocycles. The van der Waals surface area contributed by atoms with Crippen molar-refractivity contribution in [3.05, 3.63) is 0 Å². The van der Waals surface area contributed by atoms with Crippen LogP contribution in [0.3, 0.4) is 0 Å². The monoisotopic (exact) mass is 2040 g/mol. The Morgan fingerprint density at radius 2 is 0.388 bits per heavy atom. The second-order valence-electron chi connectivity index (χ2n) is 35.2. The highest BCUT2D eigenvalue weighted by molar-refractivity contribution is 5.73. The molecule has 12 rings (SSSR count). The molecular weight excluding hydrogens is 1920 g/mol. The number of carbonyl (C=O) groups is 2. The van der Waals surface area contributed by atoms with Gasteiger partial charge in [-0.15, -0.1) is 0 Å². The fourth-order valence-electron chi connectivity index (χ4n) is 17.9. The standard InChI is InChI=1S/C76H128N2O61/c1-15(89)77-29-41(101)56(25(11-87)119-65(29)116)131-66-30(78-16(2)90)42(102)57(26(12-88)128-66)132-70-54(114)58(39(99)27(129-70)13-117-72-60(46(106)34(94)20(6-82)123-72)138-75-63(49(109)37(97)23(9-85)126-75)136-68-52(112)44(104)32(92)18(4-80)121-68)133-71-55(115)59(134-74-62(48(108)36(96)22(8-84)125-74)135-67-51(111)43(103)31(91)17(3-79)120-67)40(100)28(130-71)14-118-73-61(47(107)35(95)21(7-83)124-73)139-76-64(50(110)38(98)24(10-86)127-76)137-69-53(113)45(105)33(93)19(5-81)122-69/h17-76,79-88,91-116H,3-14H2,1-2H3,(H,77,89)(H,78,90)/t17-,18-,19-,20-,21-,22-,23-,24-,25-,26-,27-,28-,29-,30-,31-,32-,33-,34-,35-,36-,37-,38-,39-,40-,41-,42-,43+,44+,45+,46+,47+,48+,49+,50+,51+,52+,53+,54+,55+,56-,57-,58+,59+,60+,61+,62+,63+,64+,65-,66+,67-,68-,69-,70+,71-,72+,73+,74-,75-,76-/m1/s1. The molecule has 0 aromatic carbocycles. The molecule has 60 atom stereocenters. The number of aliphatic hydroxyl groups excluding tert-OH is 36. The predicted molar refractivity (Wildman–Crippen MR) is 418 cm³/mol. The molecule has 2 amide bonds. The van der Waals surface area contributed by atoms with Crippen LogP contribution in [0.2, 0.25) is 0 Å². The molecule has 0 radical (unpaired) electrons. The molecule has 0 saturated carbocycles. The average Bonchev–Trinajstić information content (AvgIpc) is 0.770. The van der Waals surface area contributed by atoms with E-state index in [-0.39, 0.29) is 0 Å². The molecule has 12 saturated heterocycles. The molecule has 0 aromatic heterocycles. The number of hydrogen-bond acceptors (Lipinski definition) is 61. The molecule has 12 aliphatic heterocycles. The van der Waals surface area contributed by atoms with E-state index in [0.29, 0.717) is 0 Å². The van der Waals surface area contributed by atoms with Crippen LogP contribution in [0, 0.1) is 0 Å². The highest BCUT2D eigenvalue weighted by Gasteiger charge is 2.64. The van der Waals surface area contributed by atoms with Gasteiger partial charge in [0.1, 0.15) is 293 Å². The fraction of sp³-hybridized carbons (Fsp3) is 0.974. The van der Waals surface area contributed by atoms with E-state index in [2.05, 4.69) is 10.6 Å². The van der Waals surface area contributed by atoms with Gasteiger partial charge in [-0.25, -0.2) is 0 Å². The van der Waals surface area contributed by atoms with E-state index >= 15 is 0 Å². The van der Waals surface area contributed by atoms with E-state index in [1.807, 2.05) is 0 Å². The summed E-state index contributed by atoms with van der Waals surface area (Å²) in [5.74, 6) is -1.87. The Hall–Kier alpha value is -3.42. The van der Waals surface area contributed by atoms with Crippen molar-refractivity contribution in [3.8, 4) is 0 Å². The molecule has 0 unspecified atom stereocenters. The lowest BCUT2D eigenvalue weighted by Gasteiger charge is -2.51. The van der Waals surface area contributed by atoms with Crippen LogP contribution in [0.4, 0.5) is 0 Å². The smallest absolute Gasteiger partial charge is 0.217 e. The van der Waals surface area contributed by atoms with Gasteiger partial charge in [-0.05, 0) is 0 Å². The Kier molecular flexibility index (Phi) is 41.0. The Labute approximate surface area is 784 Å². The third kappa shape index (κ3) is 24.5. The summed E-state index contributed by atoms with van der Waals surface area (Å²) in [7, 11) is 0. The Bertz CT molecular complexity index is 3730. The van der Waals surface area contributed by atoms with Gasteiger partial charge in [0, 0.05) is 13.8 Å². The van der Waals surface area contributed by atoms with Crippen molar-refractivity contribution < 1.29 is 302 Å². The van der Waals surface area contributed by atoms with Gasteiger partial charge in [-0.2, -0.15) is 0 Å². The predicted octanol–water partition coefficient (Wildman–Crippen LogP) is -26.9. The van der Waals surface area contributed by atoms with Crippen molar-refractivity contribution in [1.82, 2.24) is 10.6 Å². The molecule has 63 nitrogen and oxygen atoms in total. The maximum Gasteiger partial charge on any atom is 0.217 e. The van der Waals surface area contributed by atoms with E-state index in [1.165, 1.54) is 0 Å². The lowest BCUT2D eigenvalue weighted by molar-refractivity contribution is -0.407. The summed E-state index contributed by atoms with van der Waals surface area (Å²) in [5.41, 5.74) is 0. The van der Waals surface area contributed by atoms with Gasteiger partial charge in [0.05, 0.1) is 79.3 Å². The zero-order valence-corrected chi connectivity index (χ0v) is 73.4. The summed E-state index contributed by atoms with van der Waals surface area (Å²) in [5, 5.41) is 408. The molecule has 12 fully saturated rings. The van der Waals surface area contributed by atoms with Crippen LogP contribution in [0.5, 0.6) is 0 Å². The number of ether oxygens (including phenoxy) is 23. The number of rotatable bonds is 36. The Balaban J connectivity index is 0.922. The van der Waals surface area contributed by atoms with E-state index in [4.69, 9.17) is 109 Å². The van der Waals surface area contributed by atoms with Crippen LogP contribution in [0.15, 0.2) is 0 Å². The van der Waals surface area contributed by atoms with Gasteiger partial charge < -0.3 is 303 Å². The van der Waals surface area contributed by atoms with Crippen LogP contribution < -0.4 is 10.6 Å². The normalized spacial score (nSPS) is 51.9. The molecule has 0 bridgehead atoms. The van der Waals surface area contributed by atoms with Gasteiger partial charge in [-0.1, -0.05) is 0 Å². The van der Waals surface area contributed by atoms with Crippen LogP contribution in [-0.4, -0.2) is 643 Å². The lowest BCUT2D eigenvalue weighted by atomic mass is 9.94. The minimum Gasteiger partial charge on any atom is -0.394 e. The summed E-state index contributed by atoms with van der Waals surface area (Å²) in [6, 6.07) is -3.78. The maximum atomic E-state index is 13.2. The quantitative estimate of drug-likeness (QED) is 0.0277. The molecular formula is C76H128N2O61. The molecule has 0 spiro atoms. The average molecular weight is 2050 g/mol. The molecule has 12 aliphatic rings. The first kappa shape index (κ1) is 114. The fourth-order valence-corrected chi connectivity index (χ4v) is 17.9. The third-order valence-electron chi connectivity index (χ3n) is 25.9. The third-order valence-corrected chi connectivity index (χ3v) is 25.9. The van der Waals surface area contributed by atoms with Gasteiger partial charge in [0.2, 0.25) is 11.8 Å². The van der Waals surface area contributed by atoms with E-state index in [1.54, 1.807) is 0 Å². The zero-order chi connectivity index (χ0) is 102. The Morgan fingerprint density at radius 1 is 0.187 bits per heavy atom. The van der Waals surface area contributed by atoms with Gasteiger partial charge in [-0.3, -0.25) is 9.59 Å². The van der Waals surface area contributed by atoms with Crippen molar-refractivity contribution in [2.75, 3.05) is 79.3 Å². The van der Waals surface area contributed by atoms with Crippen molar-refractivity contribution >= 4 is 11.8 Å². The SMILES string of the molecule is CC(=O)N[C@@H]1[C@@H](O)[C@H](O[C@@H]2O[C@H](CO)[C@@H](O[C@@H]3O[C@H](CO[C@H]4O[C@H](CO)[C@@H](O)[C@H](O)[C@@H]4O[C@H]4O[C@H](CO)[C@@H](O)[C@H](O)[C@@H]4O[C@H]4O[C@H](CO)[C@@H](O)[C@H](O)[C@@H]4O)[C@@H](O)[C@H](O[C@H]4O[C@H](CO[C@H]5O[C@H](CO)[C@@H](O)[C@H](O)[C@@H]5O[C@H]5O[C@H](CO)[C@@H](O)[C@H](O)[C@@H]5O[C@H]5O[C@H](CO)[C@@H](O)[C@H](O)[C@@H]5O)[C@@H](O)[C@H](O[C@H]5O[C@H](CO)[C@@H](O)[C@H](O)[C@@H]5O[C@H]5O[C@H](CO)[C@@H](O)[C@H](O)[C@@H]5O)[C@@H]4O)[C@@H]3O)[C@H](O)[C@H]2NC(C)=O)[C@@H](CO)O[C@H]1O. The number of aliphatic hydroxyl groups is 36. The first-order valence-corrected chi connectivity index (χ1v) is 44.2. The van der Waals surface area contributed by atoms with Crippen LogP contribution >= 0.6 is 0 Å². The molecule has 63 heteroatoms. The number of nitrogens with one attached hydrogen (secondary N) is 2. The van der Waals surface area contributed by atoms with Crippen LogP contribution in [0.1, 0.15) is 13.8 Å². The summed E-state index contributed by atoms with van der Waals surface area (Å²) < 4.78 is 136. The highest BCUT2D eigenvalue weighted by atomic mass is 16.8. The van der Waals surface area contributed by atoms with Crippen LogP contribution in [-0.2, 0) is 119 Å². The highest BCUT2D eigenvalue weighted by Crippen LogP contribution is 2.43. The van der Waals surface area contributed by atoms with Gasteiger partial charge >= 0.3 is 0 Å². The van der Waals surface area contributed by atoms with E-state index in [9.17, 15) is 193 Å². The number of carbonyl (C=O) groups excluding carboxylic acids is 2. The van der Waals surface area contributed by atoms with E-state index in [0.717, 1.165) is 13.8 Å². The molecule has 12 heterocycles. The minimum atomic E-state index is -2.82. The first-order valence-electron chi connectivity index (χ1n) is 44.2. The molecule has 808 valence electrons. The van der Waals surface area contributed by atoms with Crippen molar-refractivity contribution in [1.29, 1.82) is 0 Å². The molecule has 38 N–H and O–H groups in total. The van der Waals surface area contributed by atoms with Crippen molar-refractivity contribution in [2.24, 2.45) is 0 Å². The summed E-state index contributed by atoms with van der Waals surface area (Å²) in [6.45, 7) is -12.5. The Morgan fingerprint density at radius 3 is 0.683 bits per heavy atom. The lowest BCUT2D eigenvalue weighted by Crippen LogP contribution is -2.70. The summed E-state index contributed by atoms with van der Waals surface area (Å²) in [4.78, 5) is 25.5. The summed E-state index contributed by atoms with van der Waals surface area (Å²) in [6.07, 6.45) is -131. The number of amides is 2. The topological polar surface area (TPSA) is 999 Å². The molecule has 139 heavy (non-hydrogen) atoms. The second kappa shape index (κ2) is 49.8. The minimum absolute atomic E-state index is 0.842. The maximum absolute atomic E-state index is 13.2. The zero-order valence-electron chi connectivity index (χ0n) is 73.4. The van der Waals surface area contributed by atoms with Gasteiger partial charge in [0.15, 0.2) is 75.5 Å². The molecule has 0 aromatic rings. The van der Waals surface area contributed by atoms with Crippen molar-refractivity contribution in [3.63, 3.8) is 0 Å². The number of hydrogen-bond donors (Lipinski definition) is 38. The first-order chi connectivity index (χ1) is 65.9. The van der Waals surface area contributed by atoms with Gasteiger partial charge in [0.25, 0.3) is 0 Å². The van der Waals surface area contributed by atoms with Crippen molar-refractivity contribution in [2.45, 2.75) is 382 Å².